The molecule has 0 aliphatic rings. The molecule has 8 nitrogen and oxygen atoms in total. The lowest BCUT2D eigenvalue weighted by Gasteiger charge is -2.15. The topological polar surface area (TPSA) is 87.2 Å². The molecular formula is C33H28Br2FN3O5. The van der Waals surface area contributed by atoms with Gasteiger partial charge in [-0.1, -0.05) is 12.1 Å². The number of methoxy groups -OCH3 is 1. The zero-order chi connectivity index (χ0) is 31.2. The molecule has 226 valence electrons. The van der Waals surface area contributed by atoms with Crippen molar-refractivity contribution in [3.8, 4) is 22.9 Å². The highest BCUT2D eigenvalue weighted by Crippen LogP contribution is 2.42. The number of nitrogens with one attached hydrogen (secondary N) is 1. The van der Waals surface area contributed by atoms with Crippen LogP contribution < -0.4 is 19.6 Å². The second kappa shape index (κ2) is 14.0. The summed E-state index contributed by atoms with van der Waals surface area (Å²) in [4.78, 5) is 12.6. The molecule has 0 atom stereocenters. The molecule has 0 unspecified atom stereocenters. The normalized spacial score (nSPS) is 11.1. The number of aromatic nitrogens is 1. The van der Waals surface area contributed by atoms with Crippen molar-refractivity contribution < 1.29 is 27.8 Å². The molecule has 0 radical (unpaired) electrons. The molecular weight excluding hydrogens is 697 g/mol. The van der Waals surface area contributed by atoms with Crippen LogP contribution in [0.25, 0.3) is 5.69 Å². The summed E-state index contributed by atoms with van der Waals surface area (Å²) < 4.78 is 39.5. The maximum Gasteiger partial charge on any atom is 0.307 e. The van der Waals surface area contributed by atoms with Crippen LogP contribution in [-0.4, -0.2) is 23.8 Å². The van der Waals surface area contributed by atoms with E-state index in [-0.39, 0.29) is 24.8 Å². The summed E-state index contributed by atoms with van der Waals surface area (Å²) in [5.74, 6) is 1.33. The number of nitrogens with zero attached hydrogens (tertiary/aromatic N) is 2. The Bertz CT molecular complexity index is 1780. The van der Waals surface area contributed by atoms with E-state index in [9.17, 15) is 9.18 Å². The summed E-state index contributed by atoms with van der Waals surface area (Å²) in [6, 6.07) is 22.9. The third-order valence-corrected chi connectivity index (χ3v) is 8.82. The summed E-state index contributed by atoms with van der Waals surface area (Å²) in [6.45, 7) is 4.50. The molecule has 0 bridgehead atoms. The number of hydrazone groups is 1. The van der Waals surface area contributed by atoms with E-state index in [1.54, 1.807) is 30.3 Å². The monoisotopic (exact) mass is 723 g/mol. The number of rotatable bonds is 11. The largest absolute Gasteiger partial charge is 0.493 e. The van der Waals surface area contributed by atoms with Crippen LogP contribution in [0, 0.1) is 19.7 Å². The Hall–Kier alpha value is -4.35. The van der Waals surface area contributed by atoms with E-state index in [0.717, 1.165) is 22.6 Å². The standard InChI is InChI=1S/C33H28Br2FN3O5/c1-20-4-5-21(2)39(20)25-10-12-26(13-11-25)42-19-27-14-15-28(44-27)33(40)38-37-17-23-16-29(41-3)32(31(35)30(23)34)43-18-22-6-8-24(36)9-7-22/h4-17H,18-19H2,1-3H3,(H,38,40)/b37-17+. The minimum atomic E-state index is -0.518. The smallest absolute Gasteiger partial charge is 0.307 e. The molecule has 0 saturated heterocycles. The molecule has 5 aromatic rings. The number of carbonyl (C=O) groups excluding carboxylic acids is 1. The molecule has 11 heteroatoms. The molecule has 0 spiro atoms. The van der Waals surface area contributed by atoms with Gasteiger partial charge in [-0.2, -0.15) is 5.10 Å². The lowest BCUT2D eigenvalue weighted by Crippen LogP contribution is -2.16. The van der Waals surface area contributed by atoms with E-state index in [1.165, 1.54) is 25.5 Å². The Kier molecular flexibility index (Phi) is 9.86. The van der Waals surface area contributed by atoms with Gasteiger partial charge >= 0.3 is 5.91 Å². The van der Waals surface area contributed by atoms with Gasteiger partial charge in [-0.05, 0) is 118 Å². The minimum absolute atomic E-state index is 0.0945. The lowest BCUT2D eigenvalue weighted by molar-refractivity contribution is 0.0923. The Morgan fingerprint density at radius 2 is 1.64 bits per heavy atom. The van der Waals surface area contributed by atoms with Gasteiger partial charge in [-0.15, -0.1) is 0 Å². The summed E-state index contributed by atoms with van der Waals surface area (Å²) in [5, 5.41) is 4.07. The van der Waals surface area contributed by atoms with Crippen LogP contribution in [0.15, 0.2) is 97.3 Å². The molecule has 2 aromatic heterocycles. The number of benzene rings is 3. The van der Waals surface area contributed by atoms with E-state index >= 15 is 0 Å². The summed E-state index contributed by atoms with van der Waals surface area (Å²) >= 11 is 7.06. The van der Waals surface area contributed by atoms with Gasteiger partial charge in [0.05, 0.1) is 17.8 Å². The summed E-state index contributed by atoms with van der Waals surface area (Å²) in [5.41, 5.74) is 7.25. The highest BCUT2D eigenvalue weighted by molar-refractivity contribution is 9.13. The summed E-state index contributed by atoms with van der Waals surface area (Å²) in [6.07, 6.45) is 1.46. The van der Waals surface area contributed by atoms with Crippen molar-refractivity contribution in [1.29, 1.82) is 0 Å². The number of carbonyl (C=O) groups is 1. The van der Waals surface area contributed by atoms with Gasteiger partial charge in [0, 0.05) is 27.1 Å². The highest BCUT2D eigenvalue weighted by Gasteiger charge is 2.17. The van der Waals surface area contributed by atoms with Crippen LogP contribution in [0.5, 0.6) is 17.2 Å². The average molecular weight is 725 g/mol. The van der Waals surface area contributed by atoms with Crippen LogP contribution in [-0.2, 0) is 13.2 Å². The quantitative estimate of drug-likeness (QED) is 0.109. The van der Waals surface area contributed by atoms with Gasteiger partial charge in [0.2, 0.25) is 0 Å². The van der Waals surface area contributed by atoms with Gasteiger partial charge in [0.1, 0.15) is 30.5 Å². The van der Waals surface area contributed by atoms with E-state index in [0.29, 0.717) is 37.5 Å². The lowest BCUT2D eigenvalue weighted by atomic mass is 10.2. The first-order valence-electron chi connectivity index (χ1n) is 13.5. The molecule has 44 heavy (non-hydrogen) atoms. The Morgan fingerprint density at radius 3 is 2.32 bits per heavy atom. The van der Waals surface area contributed by atoms with Crippen molar-refractivity contribution in [2.75, 3.05) is 7.11 Å². The van der Waals surface area contributed by atoms with Gasteiger partial charge in [0.15, 0.2) is 17.3 Å². The van der Waals surface area contributed by atoms with Crippen molar-refractivity contribution in [3.05, 3.63) is 128 Å². The molecule has 0 aliphatic heterocycles. The molecule has 3 aromatic carbocycles. The van der Waals surface area contributed by atoms with Crippen LogP contribution in [0.2, 0.25) is 0 Å². The van der Waals surface area contributed by atoms with Gasteiger partial charge in [-0.3, -0.25) is 4.79 Å². The van der Waals surface area contributed by atoms with Crippen molar-refractivity contribution >= 4 is 44.0 Å². The number of halogens is 3. The Balaban J connectivity index is 1.17. The minimum Gasteiger partial charge on any atom is -0.493 e. The van der Waals surface area contributed by atoms with Crippen molar-refractivity contribution in [3.63, 3.8) is 0 Å². The first-order chi connectivity index (χ1) is 21.2. The molecule has 5 rings (SSSR count). The van der Waals surface area contributed by atoms with Gasteiger partial charge < -0.3 is 23.2 Å². The fraction of sp³-hybridized carbons (Fsp3) is 0.152. The van der Waals surface area contributed by atoms with E-state index in [4.69, 9.17) is 18.6 Å². The molecule has 1 amide bonds. The predicted molar refractivity (Wildman–Crippen MR) is 172 cm³/mol. The SMILES string of the molecule is COc1cc(/C=N/NC(=O)c2ccc(COc3ccc(-n4c(C)ccc4C)cc3)o2)c(Br)c(Br)c1OCc1ccc(F)cc1. The second-order valence-electron chi connectivity index (χ2n) is 9.74. The number of furan rings is 1. The van der Waals surface area contributed by atoms with Crippen LogP contribution in [0.1, 0.15) is 38.8 Å². The third kappa shape index (κ3) is 7.23. The van der Waals surface area contributed by atoms with Crippen LogP contribution >= 0.6 is 31.9 Å². The maximum absolute atomic E-state index is 13.2. The fourth-order valence-corrected chi connectivity index (χ4v) is 5.37. The molecule has 1 N–H and O–H groups in total. The second-order valence-corrected chi connectivity index (χ2v) is 11.3. The van der Waals surface area contributed by atoms with Gasteiger partial charge in [0.25, 0.3) is 0 Å². The van der Waals surface area contributed by atoms with E-state index in [2.05, 4.69) is 72.9 Å². The van der Waals surface area contributed by atoms with Crippen molar-refractivity contribution in [2.24, 2.45) is 5.10 Å². The zero-order valence-electron chi connectivity index (χ0n) is 24.1. The van der Waals surface area contributed by atoms with Crippen molar-refractivity contribution in [2.45, 2.75) is 27.1 Å². The van der Waals surface area contributed by atoms with E-state index in [1.807, 2.05) is 24.3 Å². The number of hydrogen-bond acceptors (Lipinski definition) is 6. The van der Waals surface area contributed by atoms with Gasteiger partial charge in [-0.25, -0.2) is 9.82 Å². The predicted octanol–water partition coefficient (Wildman–Crippen LogP) is 8.28. The Morgan fingerprint density at radius 1 is 0.932 bits per heavy atom. The first kappa shape index (κ1) is 31.1. The highest BCUT2D eigenvalue weighted by atomic mass is 79.9. The van der Waals surface area contributed by atoms with Crippen molar-refractivity contribution in [1.82, 2.24) is 9.99 Å². The molecule has 0 aliphatic carbocycles. The molecule has 2 heterocycles. The maximum atomic E-state index is 13.2. The van der Waals surface area contributed by atoms with Crippen LogP contribution in [0.3, 0.4) is 0 Å². The summed E-state index contributed by atoms with van der Waals surface area (Å²) in [7, 11) is 1.52. The number of amides is 1. The average Bonchev–Trinajstić information content (AvgIpc) is 3.64. The first-order valence-corrected chi connectivity index (χ1v) is 15.1. The van der Waals surface area contributed by atoms with E-state index < -0.39 is 5.91 Å². The fourth-order valence-electron chi connectivity index (χ4n) is 4.44. The number of ether oxygens (including phenoxy) is 3. The Labute approximate surface area is 270 Å². The third-order valence-electron chi connectivity index (χ3n) is 6.67. The molecule has 0 fully saturated rings. The van der Waals surface area contributed by atoms with Crippen LogP contribution in [0.4, 0.5) is 4.39 Å². The number of hydrogen-bond donors (Lipinski definition) is 1. The molecule has 0 saturated carbocycles. The number of aryl methyl sites for hydroxylation is 2. The zero-order valence-corrected chi connectivity index (χ0v) is 27.2.